The molecule has 0 aliphatic carbocycles. The number of carboxylic acid groups (broad SMARTS) is 1. The van der Waals surface area contributed by atoms with Crippen LogP contribution in [0.1, 0.15) is 58.4 Å². The third-order valence-corrected chi connectivity index (χ3v) is 4.09. The second kappa shape index (κ2) is 6.06. The molecule has 0 unspecified atom stereocenters. The fraction of sp³-hybridized carbons (Fsp3) is 0.400. The summed E-state index contributed by atoms with van der Waals surface area (Å²) in [7, 11) is 0. The Morgan fingerprint density at radius 3 is 1.92 bits per heavy atom. The number of aromatic nitrogens is 1. The van der Waals surface area contributed by atoms with Crippen LogP contribution in [0.2, 0.25) is 0 Å². The van der Waals surface area contributed by atoms with E-state index in [0.717, 1.165) is 16.7 Å². The first-order valence-corrected chi connectivity index (χ1v) is 8.10. The maximum atomic E-state index is 11.0. The largest absolute Gasteiger partial charge is 0.507 e. The lowest BCUT2D eigenvalue weighted by atomic mass is 9.78. The molecular formula is C20H25NO4. The van der Waals surface area contributed by atoms with Gasteiger partial charge in [-0.1, -0.05) is 53.3 Å². The predicted octanol–water partition coefficient (Wildman–Crippen LogP) is 4.74. The second-order valence-electron chi connectivity index (χ2n) is 8.28. The van der Waals surface area contributed by atoms with Gasteiger partial charge >= 0.3 is 5.97 Å². The van der Waals surface area contributed by atoms with Crippen molar-refractivity contribution in [3.8, 4) is 17.0 Å². The average molecular weight is 343 g/mol. The van der Waals surface area contributed by atoms with Crippen molar-refractivity contribution in [3.05, 3.63) is 41.7 Å². The van der Waals surface area contributed by atoms with E-state index in [9.17, 15) is 9.90 Å². The summed E-state index contributed by atoms with van der Waals surface area (Å²) >= 11 is 0. The first-order valence-electron chi connectivity index (χ1n) is 8.10. The second-order valence-corrected chi connectivity index (χ2v) is 8.28. The number of aromatic hydroxyl groups is 1. The summed E-state index contributed by atoms with van der Waals surface area (Å²) in [4.78, 5) is 11.0. The minimum Gasteiger partial charge on any atom is -0.507 e. The van der Waals surface area contributed by atoms with Crippen molar-refractivity contribution in [2.75, 3.05) is 0 Å². The Bertz CT molecular complexity index is 797. The van der Waals surface area contributed by atoms with Crippen LogP contribution in [0.3, 0.4) is 0 Å². The summed E-state index contributed by atoms with van der Waals surface area (Å²) < 4.78 is 5.13. The van der Waals surface area contributed by atoms with E-state index in [-0.39, 0.29) is 27.9 Å². The number of carbonyl (C=O) groups is 1. The van der Waals surface area contributed by atoms with E-state index in [1.54, 1.807) is 6.07 Å². The Labute approximate surface area is 148 Å². The summed E-state index contributed by atoms with van der Waals surface area (Å²) in [5, 5.41) is 23.8. The smallest absolute Gasteiger partial charge is 0.338 e. The molecule has 1 aromatic carbocycles. The normalized spacial score (nSPS) is 12.2. The lowest BCUT2D eigenvalue weighted by Gasteiger charge is -2.28. The van der Waals surface area contributed by atoms with Gasteiger partial charge in [-0.3, -0.25) is 0 Å². The van der Waals surface area contributed by atoms with Crippen molar-refractivity contribution in [2.45, 2.75) is 52.4 Å². The Balaban J connectivity index is 2.66. The third kappa shape index (κ3) is 3.76. The number of phenols is 1. The van der Waals surface area contributed by atoms with Crippen LogP contribution in [0.15, 0.2) is 29.3 Å². The van der Waals surface area contributed by atoms with Crippen LogP contribution in [0.5, 0.6) is 5.75 Å². The monoisotopic (exact) mass is 343 g/mol. The van der Waals surface area contributed by atoms with Gasteiger partial charge in [0.2, 0.25) is 0 Å². The van der Waals surface area contributed by atoms with Gasteiger partial charge in [-0.05, 0) is 23.0 Å². The first-order chi connectivity index (χ1) is 11.3. The molecule has 0 aliphatic rings. The number of hydrogen-bond donors (Lipinski definition) is 2. The quantitative estimate of drug-likeness (QED) is 0.786. The topological polar surface area (TPSA) is 83.6 Å². The number of nitrogens with zero attached hydrogens (tertiary/aromatic N) is 1. The highest BCUT2D eigenvalue weighted by molar-refractivity contribution is 6.13. The number of aliphatic carboxylic acids is 1. The molecule has 0 spiro atoms. The van der Waals surface area contributed by atoms with Crippen LogP contribution in [-0.4, -0.2) is 21.3 Å². The lowest BCUT2D eigenvalue weighted by molar-refractivity contribution is -0.130. The molecule has 2 aromatic rings. The standard InChI is InChI=1S/C20H25NO4/c1-11(18(23)24)16-10-15(21-25-16)12-8-13(19(2,3)4)17(22)14(9-12)20(5,6)7/h8-10,22H,1H2,2-7H3,(H,23,24). The highest BCUT2D eigenvalue weighted by Crippen LogP contribution is 2.41. The molecule has 5 nitrogen and oxygen atoms in total. The van der Waals surface area contributed by atoms with Gasteiger partial charge in [-0.25, -0.2) is 4.79 Å². The zero-order valence-electron chi connectivity index (χ0n) is 15.6. The van der Waals surface area contributed by atoms with E-state index in [1.165, 1.54) is 0 Å². The molecule has 1 aromatic heterocycles. The van der Waals surface area contributed by atoms with Gasteiger partial charge in [0.05, 0.1) is 5.57 Å². The number of carboxylic acids is 1. The van der Waals surface area contributed by atoms with Crippen molar-refractivity contribution in [1.29, 1.82) is 0 Å². The molecule has 2 N–H and O–H groups in total. The number of hydrogen-bond acceptors (Lipinski definition) is 4. The maximum Gasteiger partial charge on any atom is 0.338 e. The van der Waals surface area contributed by atoms with Crippen LogP contribution < -0.4 is 0 Å². The number of phenolic OH excluding ortho intramolecular Hbond substituents is 1. The van der Waals surface area contributed by atoms with Crippen LogP contribution in [0.25, 0.3) is 16.8 Å². The van der Waals surface area contributed by atoms with E-state index >= 15 is 0 Å². The van der Waals surface area contributed by atoms with Gasteiger partial charge in [-0.15, -0.1) is 0 Å². The molecular weight excluding hydrogens is 318 g/mol. The van der Waals surface area contributed by atoms with E-state index in [2.05, 4.69) is 11.7 Å². The van der Waals surface area contributed by atoms with Crippen molar-refractivity contribution >= 4 is 11.5 Å². The van der Waals surface area contributed by atoms with Crippen LogP contribution in [0, 0.1) is 0 Å². The number of benzene rings is 1. The lowest BCUT2D eigenvalue weighted by Crippen LogP contribution is -2.17. The van der Waals surface area contributed by atoms with Crippen LogP contribution >= 0.6 is 0 Å². The average Bonchev–Trinajstić information content (AvgIpc) is 2.93. The fourth-order valence-electron chi connectivity index (χ4n) is 2.58. The molecule has 0 radical (unpaired) electrons. The minimum atomic E-state index is -1.15. The van der Waals surface area contributed by atoms with Gasteiger partial charge < -0.3 is 14.7 Å². The Kier molecular flexibility index (Phi) is 4.55. The predicted molar refractivity (Wildman–Crippen MR) is 97.7 cm³/mol. The Morgan fingerprint density at radius 2 is 1.52 bits per heavy atom. The van der Waals surface area contributed by atoms with Crippen molar-refractivity contribution in [1.82, 2.24) is 5.16 Å². The molecule has 0 fully saturated rings. The summed E-state index contributed by atoms with van der Waals surface area (Å²) in [5.74, 6) is -0.758. The molecule has 0 saturated carbocycles. The van der Waals surface area contributed by atoms with E-state index in [4.69, 9.17) is 9.63 Å². The van der Waals surface area contributed by atoms with E-state index in [1.807, 2.05) is 53.7 Å². The highest BCUT2D eigenvalue weighted by atomic mass is 16.5. The maximum absolute atomic E-state index is 11.0. The Morgan fingerprint density at radius 1 is 1.04 bits per heavy atom. The summed E-state index contributed by atoms with van der Waals surface area (Å²) in [6, 6.07) is 5.30. The van der Waals surface area contributed by atoms with Crippen molar-refractivity contribution in [2.24, 2.45) is 0 Å². The zero-order chi connectivity index (χ0) is 19.2. The van der Waals surface area contributed by atoms with Crippen molar-refractivity contribution < 1.29 is 19.5 Å². The molecule has 25 heavy (non-hydrogen) atoms. The first kappa shape index (κ1) is 18.8. The van der Waals surface area contributed by atoms with Gasteiger partial charge in [0.1, 0.15) is 11.4 Å². The van der Waals surface area contributed by atoms with Gasteiger partial charge in [0.25, 0.3) is 0 Å². The fourth-order valence-corrected chi connectivity index (χ4v) is 2.58. The summed E-state index contributed by atoms with van der Waals surface area (Å²) in [5.41, 5.74) is 2.20. The Hall–Kier alpha value is -2.56. The molecule has 2 rings (SSSR count). The van der Waals surface area contributed by atoms with Crippen molar-refractivity contribution in [3.63, 3.8) is 0 Å². The summed E-state index contributed by atoms with van der Waals surface area (Å²) in [6.45, 7) is 15.6. The van der Waals surface area contributed by atoms with E-state index < -0.39 is 5.97 Å². The molecule has 0 bridgehead atoms. The molecule has 0 aliphatic heterocycles. The van der Waals surface area contributed by atoms with E-state index in [0.29, 0.717) is 5.69 Å². The molecule has 1 heterocycles. The SMILES string of the molecule is C=C(C(=O)O)c1cc(-c2cc(C(C)(C)C)c(O)c(C(C)(C)C)c2)no1. The molecule has 0 atom stereocenters. The highest BCUT2D eigenvalue weighted by Gasteiger charge is 2.27. The van der Waals surface area contributed by atoms with Gasteiger partial charge in [0, 0.05) is 22.8 Å². The molecule has 5 heteroatoms. The van der Waals surface area contributed by atoms with Crippen LogP contribution in [-0.2, 0) is 15.6 Å². The molecule has 0 saturated heterocycles. The number of rotatable bonds is 3. The molecule has 134 valence electrons. The van der Waals surface area contributed by atoms with Gasteiger partial charge in [0.15, 0.2) is 5.76 Å². The zero-order valence-corrected chi connectivity index (χ0v) is 15.6. The van der Waals surface area contributed by atoms with Gasteiger partial charge in [-0.2, -0.15) is 0 Å². The third-order valence-electron chi connectivity index (χ3n) is 4.09. The van der Waals surface area contributed by atoms with Crippen LogP contribution in [0.4, 0.5) is 0 Å². The summed E-state index contributed by atoms with van der Waals surface area (Å²) in [6.07, 6.45) is 0. The molecule has 0 amide bonds. The minimum absolute atomic E-state index is 0.116.